The van der Waals surface area contributed by atoms with Crippen LogP contribution >= 0.6 is 11.6 Å². The Morgan fingerprint density at radius 2 is 1.83 bits per heavy atom. The summed E-state index contributed by atoms with van der Waals surface area (Å²) in [5.41, 5.74) is 3.95. The van der Waals surface area contributed by atoms with Gasteiger partial charge in [0.2, 0.25) is 5.96 Å². The van der Waals surface area contributed by atoms with Crippen molar-refractivity contribution in [1.82, 2.24) is 5.43 Å². The molecule has 0 amide bonds. The Hall–Kier alpha value is -3.16. The molecule has 0 saturated carbocycles. The molecule has 0 saturated heterocycles. The number of nitrogens with two attached hydrogens (primary N) is 2. The molecular formula is C21H25ClF5N5O4. The Morgan fingerprint density at radius 1 is 1.25 bits per heavy atom. The van der Waals surface area contributed by atoms with Gasteiger partial charge in [0.15, 0.2) is 0 Å². The number of carboxylic acid groups (broad SMARTS) is 2. The van der Waals surface area contributed by atoms with Crippen molar-refractivity contribution in [2.75, 3.05) is 13.2 Å². The summed E-state index contributed by atoms with van der Waals surface area (Å²) in [6.45, 7) is 1.27. The van der Waals surface area contributed by atoms with Gasteiger partial charge in [-0.25, -0.2) is 8.78 Å². The van der Waals surface area contributed by atoms with Crippen molar-refractivity contribution >= 4 is 35.2 Å². The van der Waals surface area contributed by atoms with Gasteiger partial charge in [-0.15, -0.1) is 5.10 Å². The lowest BCUT2D eigenvalue weighted by molar-refractivity contribution is -0.163. The lowest BCUT2D eigenvalue weighted by Crippen LogP contribution is -2.64. The Bertz CT molecular complexity index is 1110. The van der Waals surface area contributed by atoms with E-state index in [1.807, 2.05) is 0 Å². The summed E-state index contributed by atoms with van der Waals surface area (Å²) in [7, 11) is 0. The van der Waals surface area contributed by atoms with Crippen molar-refractivity contribution in [1.29, 1.82) is 0 Å². The lowest BCUT2D eigenvalue weighted by atomic mass is 9.50. The first-order valence-corrected chi connectivity index (χ1v) is 10.8. The van der Waals surface area contributed by atoms with Gasteiger partial charge in [0, 0.05) is 11.5 Å². The first-order chi connectivity index (χ1) is 16.5. The van der Waals surface area contributed by atoms with E-state index < -0.39 is 93.7 Å². The predicted molar refractivity (Wildman–Crippen MR) is 121 cm³/mol. The second-order valence-electron chi connectivity index (χ2n) is 8.78. The van der Waals surface area contributed by atoms with Crippen LogP contribution in [0, 0.1) is 22.6 Å². The van der Waals surface area contributed by atoms with Gasteiger partial charge >= 0.3 is 18.1 Å². The van der Waals surface area contributed by atoms with E-state index in [0.717, 1.165) is 6.92 Å². The van der Waals surface area contributed by atoms with Crippen molar-refractivity contribution in [2.24, 2.45) is 38.3 Å². The molecule has 1 aliphatic rings. The zero-order chi connectivity index (χ0) is 27.8. The molecule has 9 nitrogen and oxygen atoms in total. The molecule has 0 aromatic heterocycles. The van der Waals surface area contributed by atoms with E-state index in [4.69, 9.17) is 23.1 Å². The molecule has 1 aliphatic heterocycles. The van der Waals surface area contributed by atoms with Crippen LogP contribution in [0.3, 0.4) is 0 Å². The zero-order valence-corrected chi connectivity index (χ0v) is 20.1. The number of nitrogens with one attached hydrogen (secondary N) is 1. The summed E-state index contributed by atoms with van der Waals surface area (Å²) < 4.78 is 72.3. The minimum atomic E-state index is -5.33. The molecule has 0 radical (unpaired) electrons. The number of aliphatic carboxylic acids is 2. The van der Waals surface area contributed by atoms with Crippen LogP contribution in [0.1, 0.15) is 37.8 Å². The summed E-state index contributed by atoms with van der Waals surface area (Å²) in [5.74, 6) is -9.28. The number of hydrogen-bond acceptors (Lipinski definition) is 5. The van der Waals surface area contributed by atoms with E-state index in [0.29, 0.717) is 12.1 Å². The molecule has 0 bridgehead atoms. The SMILES string of the molecule is CC(C)C1(C(=O)O)C(CNN=C(N)N)=NC(CF)C(C)(C(=O)O)C1c1c(F)ccc(Cl)c1C(F)(F)F. The molecule has 7 N–H and O–H groups in total. The number of alkyl halides is 4. The van der Waals surface area contributed by atoms with E-state index in [2.05, 4.69) is 15.5 Å². The number of hydrogen-bond donors (Lipinski definition) is 5. The van der Waals surface area contributed by atoms with E-state index in [9.17, 15) is 37.4 Å². The molecule has 2 rings (SSSR count). The summed E-state index contributed by atoms with van der Waals surface area (Å²) in [6.07, 6.45) is -5.33. The number of benzene rings is 1. The van der Waals surface area contributed by atoms with Crippen molar-refractivity contribution in [3.05, 3.63) is 34.1 Å². The molecule has 1 heterocycles. The monoisotopic (exact) mass is 541 g/mol. The second-order valence-corrected chi connectivity index (χ2v) is 9.19. The maximum atomic E-state index is 15.4. The number of nitrogens with zero attached hydrogens (tertiary/aromatic N) is 2. The van der Waals surface area contributed by atoms with Crippen LogP contribution in [0.2, 0.25) is 5.02 Å². The number of carbonyl (C=O) groups is 2. The highest BCUT2D eigenvalue weighted by molar-refractivity contribution is 6.31. The number of halogens is 6. The van der Waals surface area contributed by atoms with Crippen molar-refractivity contribution < 1.29 is 41.8 Å². The Labute approximate surface area is 207 Å². The number of carboxylic acids is 2. The number of guanidine groups is 1. The molecule has 1 aromatic rings. The summed E-state index contributed by atoms with van der Waals surface area (Å²) in [4.78, 5) is 29.6. The molecule has 0 fully saturated rings. The Morgan fingerprint density at radius 3 is 2.25 bits per heavy atom. The summed E-state index contributed by atoms with van der Waals surface area (Å²) >= 11 is 5.81. The molecule has 200 valence electrons. The fourth-order valence-electron chi connectivity index (χ4n) is 4.95. The average Bonchev–Trinajstić information content (AvgIpc) is 2.74. The van der Waals surface area contributed by atoms with E-state index in [1.165, 1.54) is 13.8 Å². The van der Waals surface area contributed by atoms with Gasteiger partial charge in [-0.2, -0.15) is 13.2 Å². The van der Waals surface area contributed by atoms with Gasteiger partial charge in [0.25, 0.3) is 0 Å². The van der Waals surface area contributed by atoms with Gasteiger partial charge in [-0.3, -0.25) is 14.6 Å². The first kappa shape index (κ1) is 29.1. The van der Waals surface area contributed by atoms with E-state index in [1.54, 1.807) is 0 Å². The maximum absolute atomic E-state index is 15.4. The topological polar surface area (TPSA) is 163 Å². The lowest BCUT2D eigenvalue weighted by Gasteiger charge is -2.53. The van der Waals surface area contributed by atoms with Gasteiger partial charge < -0.3 is 27.1 Å². The summed E-state index contributed by atoms with van der Waals surface area (Å²) in [6, 6.07) is -0.721. The van der Waals surface area contributed by atoms with Gasteiger partial charge in [-0.1, -0.05) is 25.4 Å². The minimum Gasteiger partial charge on any atom is -0.481 e. The van der Waals surface area contributed by atoms with Crippen molar-refractivity contribution in [2.45, 2.75) is 38.9 Å². The van der Waals surface area contributed by atoms with Gasteiger partial charge in [-0.05, 0) is 25.0 Å². The molecule has 4 unspecified atom stereocenters. The van der Waals surface area contributed by atoms with Crippen LogP contribution in [0.5, 0.6) is 0 Å². The molecule has 1 aromatic carbocycles. The molecule has 36 heavy (non-hydrogen) atoms. The third-order valence-corrected chi connectivity index (χ3v) is 6.89. The van der Waals surface area contributed by atoms with Crippen LogP contribution < -0.4 is 16.9 Å². The van der Waals surface area contributed by atoms with Crippen LogP contribution in [0.15, 0.2) is 22.2 Å². The Kier molecular flexibility index (Phi) is 8.13. The number of rotatable bonds is 8. The number of hydrazone groups is 1. The normalized spacial score (nSPS) is 26.3. The van der Waals surface area contributed by atoms with Crippen molar-refractivity contribution in [3.8, 4) is 0 Å². The van der Waals surface area contributed by atoms with Crippen LogP contribution in [-0.4, -0.2) is 53.1 Å². The molecule has 15 heteroatoms. The summed E-state index contributed by atoms with van der Waals surface area (Å²) in [5, 5.41) is 23.1. The molecule has 4 atom stereocenters. The quantitative estimate of drug-likeness (QED) is 0.146. The highest BCUT2D eigenvalue weighted by Gasteiger charge is 2.68. The van der Waals surface area contributed by atoms with Crippen LogP contribution in [-0.2, 0) is 15.8 Å². The second kappa shape index (κ2) is 10.1. The fraction of sp³-hybridized carbons (Fsp3) is 0.524. The average molecular weight is 542 g/mol. The van der Waals surface area contributed by atoms with E-state index >= 15 is 4.39 Å². The minimum absolute atomic E-state index is 0.478. The molecule has 0 spiro atoms. The highest BCUT2D eigenvalue weighted by atomic mass is 35.5. The largest absolute Gasteiger partial charge is 0.481 e. The maximum Gasteiger partial charge on any atom is 0.418 e. The van der Waals surface area contributed by atoms with Gasteiger partial charge in [0.05, 0.1) is 34.3 Å². The molecular weight excluding hydrogens is 517 g/mol. The van der Waals surface area contributed by atoms with Crippen LogP contribution in [0.4, 0.5) is 22.0 Å². The standard InChI is InChI=1S/C21H25ClF5N5O4/c1-8(2)20(17(35)36)12(7-30-32-18(28)29)31-11(6-23)19(3,16(33)34)15(20)13-10(24)5-4-9(22)14(13)21(25,26)27/h4-5,8,11,15,30H,6-7H2,1-3H3,(H,33,34)(H,35,36)(H4,28,29,32). The highest BCUT2D eigenvalue weighted by Crippen LogP contribution is 2.60. The molecule has 0 aliphatic carbocycles. The third-order valence-electron chi connectivity index (χ3n) is 6.58. The Balaban J connectivity index is 3.18. The van der Waals surface area contributed by atoms with Gasteiger partial charge in [0.1, 0.15) is 17.9 Å². The third kappa shape index (κ3) is 4.53. The first-order valence-electron chi connectivity index (χ1n) is 10.4. The number of aliphatic imine (C=N–C) groups is 1. The fourth-order valence-corrected chi connectivity index (χ4v) is 5.22. The van der Waals surface area contributed by atoms with E-state index in [-0.39, 0.29) is 0 Å². The smallest absolute Gasteiger partial charge is 0.418 e. The zero-order valence-electron chi connectivity index (χ0n) is 19.3. The predicted octanol–water partition coefficient (Wildman–Crippen LogP) is 2.97. The van der Waals surface area contributed by atoms with Crippen molar-refractivity contribution in [3.63, 3.8) is 0 Å². The van der Waals surface area contributed by atoms with Crippen LogP contribution in [0.25, 0.3) is 0 Å².